The number of nitrogens with one attached hydrogen (secondary N) is 2. The molecule has 6 heteroatoms. The van der Waals surface area contributed by atoms with Crippen molar-refractivity contribution in [1.82, 2.24) is 15.5 Å². The molecule has 1 saturated heterocycles. The lowest BCUT2D eigenvalue weighted by Crippen LogP contribution is -2.50. The fraction of sp³-hybridized carbons (Fsp3) is 0.857. The van der Waals surface area contributed by atoms with Crippen LogP contribution in [-0.4, -0.2) is 55.7 Å². The number of methoxy groups -OCH3 is 1. The normalized spacial score (nSPS) is 24.1. The summed E-state index contributed by atoms with van der Waals surface area (Å²) in [5.41, 5.74) is 0. The van der Waals surface area contributed by atoms with Crippen molar-refractivity contribution in [2.24, 2.45) is 5.92 Å². The van der Waals surface area contributed by atoms with Crippen LogP contribution >= 0.6 is 0 Å². The van der Waals surface area contributed by atoms with E-state index in [1.54, 1.807) is 12.0 Å². The van der Waals surface area contributed by atoms with Gasteiger partial charge in [-0.05, 0) is 32.6 Å². The minimum atomic E-state index is -0.104. The van der Waals surface area contributed by atoms with Gasteiger partial charge in [0.1, 0.15) is 0 Å². The van der Waals surface area contributed by atoms with Crippen LogP contribution in [0.1, 0.15) is 32.6 Å². The van der Waals surface area contributed by atoms with Gasteiger partial charge in [-0.2, -0.15) is 0 Å². The first-order chi connectivity index (χ1) is 9.60. The molecule has 1 aliphatic heterocycles. The smallest absolute Gasteiger partial charge is 0.317 e. The van der Waals surface area contributed by atoms with Gasteiger partial charge in [-0.25, -0.2) is 4.79 Å². The largest absolute Gasteiger partial charge is 0.383 e. The number of carbonyl (C=O) groups is 2. The van der Waals surface area contributed by atoms with Crippen LogP contribution < -0.4 is 10.6 Å². The summed E-state index contributed by atoms with van der Waals surface area (Å²) in [5.74, 6) is -0.0773. The van der Waals surface area contributed by atoms with Gasteiger partial charge in [0.05, 0.1) is 12.5 Å². The maximum Gasteiger partial charge on any atom is 0.317 e. The van der Waals surface area contributed by atoms with Crippen molar-refractivity contribution in [3.63, 3.8) is 0 Å². The summed E-state index contributed by atoms with van der Waals surface area (Å²) < 4.78 is 5.01. The summed E-state index contributed by atoms with van der Waals surface area (Å²) in [7, 11) is 1.62. The number of ether oxygens (including phenoxy) is 1. The van der Waals surface area contributed by atoms with E-state index in [4.69, 9.17) is 4.74 Å². The lowest BCUT2D eigenvalue weighted by Gasteiger charge is -2.32. The molecular formula is C14H25N3O3. The zero-order chi connectivity index (χ0) is 14.5. The van der Waals surface area contributed by atoms with E-state index in [-0.39, 0.29) is 23.9 Å². The summed E-state index contributed by atoms with van der Waals surface area (Å²) in [6.07, 6.45) is 3.89. The highest BCUT2D eigenvalue weighted by atomic mass is 16.5. The number of amides is 3. The molecule has 0 aromatic rings. The van der Waals surface area contributed by atoms with Crippen LogP contribution in [0.4, 0.5) is 4.79 Å². The van der Waals surface area contributed by atoms with Crippen LogP contribution in [0.25, 0.3) is 0 Å². The van der Waals surface area contributed by atoms with Gasteiger partial charge >= 0.3 is 6.03 Å². The van der Waals surface area contributed by atoms with Gasteiger partial charge < -0.3 is 20.3 Å². The lowest BCUT2D eigenvalue weighted by molar-refractivity contribution is -0.127. The highest BCUT2D eigenvalue weighted by molar-refractivity contribution is 5.81. The topological polar surface area (TPSA) is 70.7 Å². The average Bonchev–Trinajstić information content (AvgIpc) is 3.23. The van der Waals surface area contributed by atoms with E-state index >= 15 is 0 Å². The van der Waals surface area contributed by atoms with Crippen LogP contribution in [0, 0.1) is 5.92 Å². The number of hydrogen-bond acceptors (Lipinski definition) is 3. The second-order valence-corrected chi connectivity index (χ2v) is 5.87. The minimum absolute atomic E-state index is 0.00293. The van der Waals surface area contributed by atoms with Gasteiger partial charge in [0.2, 0.25) is 5.91 Å². The van der Waals surface area contributed by atoms with Gasteiger partial charge in [0, 0.05) is 32.3 Å². The summed E-state index contributed by atoms with van der Waals surface area (Å²) in [6, 6.07) is 0.344. The Hall–Kier alpha value is -1.30. The molecule has 2 unspecified atom stereocenters. The Balaban J connectivity index is 1.79. The minimum Gasteiger partial charge on any atom is -0.383 e. The third kappa shape index (κ3) is 4.37. The molecule has 0 bridgehead atoms. The Morgan fingerprint density at radius 3 is 2.75 bits per heavy atom. The second-order valence-electron chi connectivity index (χ2n) is 5.87. The van der Waals surface area contributed by atoms with Crippen LogP contribution in [0.5, 0.6) is 0 Å². The monoisotopic (exact) mass is 283 g/mol. The molecule has 0 spiro atoms. The van der Waals surface area contributed by atoms with Crippen molar-refractivity contribution in [3.8, 4) is 0 Å². The molecule has 20 heavy (non-hydrogen) atoms. The van der Waals surface area contributed by atoms with E-state index in [1.807, 2.05) is 6.92 Å². The van der Waals surface area contributed by atoms with E-state index in [1.165, 1.54) is 0 Å². The van der Waals surface area contributed by atoms with Crippen LogP contribution in [-0.2, 0) is 9.53 Å². The zero-order valence-corrected chi connectivity index (χ0v) is 12.4. The number of nitrogens with zero attached hydrogens (tertiary/aromatic N) is 1. The Labute approximate surface area is 120 Å². The Kier molecular flexibility index (Phi) is 5.23. The van der Waals surface area contributed by atoms with E-state index < -0.39 is 0 Å². The third-order valence-corrected chi connectivity index (χ3v) is 3.79. The van der Waals surface area contributed by atoms with Crippen molar-refractivity contribution in [1.29, 1.82) is 0 Å². The highest BCUT2D eigenvalue weighted by Crippen LogP contribution is 2.21. The summed E-state index contributed by atoms with van der Waals surface area (Å²) >= 11 is 0. The first-order valence-electron chi connectivity index (χ1n) is 7.45. The first kappa shape index (κ1) is 15.1. The van der Waals surface area contributed by atoms with Crippen molar-refractivity contribution >= 4 is 11.9 Å². The molecule has 0 aromatic heterocycles. The van der Waals surface area contributed by atoms with E-state index in [2.05, 4.69) is 10.6 Å². The van der Waals surface area contributed by atoms with E-state index in [9.17, 15) is 9.59 Å². The maximum absolute atomic E-state index is 12.2. The molecule has 1 saturated carbocycles. The quantitative estimate of drug-likeness (QED) is 0.781. The molecule has 2 rings (SSSR count). The number of hydrogen-bond donors (Lipinski definition) is 2. The van der Waals surface area contributed by atoms with Crippen molar-refractivity contribution in [2.45, 2.75) is 44.7 Å². The molecule has 6 nitrogen and oxygen atoms in total. The van der Waals surface area contributed by atoms with Crippen LogP contribution in [0.3, 0.4) is 0 Å². The predicted octanol–water partition coefficient (Wildman–Crippen LogP) is 0.722. The molecule has 2 aliphatic rings. The second kappa shape index (κ2) is 6.92. The fourth-order valence-corrected chi connectivity index (χ4v) is 2.52. The molecule has 1 heterocycles. The molecule has 0 aromatic carbocycles. The molecule has 114 valence electrons. The maximum atomic E-state index is 12.2. The number of rotatable bonds is 5. The third-order valence-electron chi connectivity index (χ3n) is 3.79. The molecule has 0 radical (unpaired) electrons. The average molecular weight is 283 g/mol. The van der Waals surface area contributed by atoms with Gasteiger partial charge in [0.25, 0.3) is 0 Å². The predicted molar refractivity (Wildman–Crippen MR) is 75.3 cm³/mol. The summed E-state index contributed by atoms with van der Waals surface area (Å²) in [5, 5.41) is 5.92. The number of urea groups is 1. The zero-order valence-electron chi connectivity index (χ0n) is 12.4. The van der Waals surface area contributed by atoms with Gasteiger partial charge in [-0.3, -0.25) is 4.79 Å². The van der Waals surface area contributed by atoms with Crippen LogP contribution in [0.15, 0.2) is 0 Å². The standard InChI is InChI=1S/C14H25N3O3/c1-10(9-20-2)15-13(18)11-4-3-7-17(8-11)14(19)16-12-5-6-12/h10-12H,3-9H2,1-2H3,(H,15,18)(H,16,19). The van der Waals surface area contributed by atoms with Crippen molar-refractivity contribution in [2.75, 3.05) is 26.8 Å². The number of piperidine rings is 1. The number of carbonyl (C=O) groups excluding carboxylic acids is 2. The molecule has 2 atom stereocenters. The lowest BCUT2D eigenvalue weighted by atomic mass is 9.97. The van der Waals surface area contributed by atoms with E-state index in [0.717, 1.165) is 32.2 Å². The molecule has 1 aliphatic carbocycles. The van der Waals surface area contributed by atoms with Crippen LogP contribution in [0.2, 0.25) is 0 Å². The number of likely N-dealkylation sites (tertiary alicyclic amines) is 1. The van der Waals surface area contributed by atoms with Gasteiger partial charge in [-0.15, -0.1) is 0 Å². The molecule has 3 amide bonds. The Morgan fingerprint density at radius 1 is 1.35 bits per heavy atom. The highest BCUT2D eigenvalue weighted by Gasteiger charge is 2.31. The van der Waals surface area contributed by atoms with Crippen molar-refractivity contribution in [3.05, 3.63) is 0 Å². The van der Waals surface area contributed by atoms with Gasteiger partial charge in [-0.1, -0.05) is 0 Å². The van der Waals surface area contributed by atoms with Gasteiger partial charge in [0.15, 0.2) is 0 Å². The SMILES string of the molecule is COCC(C)NC(=O)C1CCCN(C(=O)NC2CC2)C1. The first-order valence-corrected chi connectivity index (χ1v) is 7.45. The summed E-state index contributed by atoms with van der Waals surface area (Å²) in [6.45, 7) is 3.69. The molecular weight excluding hydrogens is 258 g/mol. The molecule has 2 fully saturated rings. The Morgan fingerprint density at radius 2 is 2.10 bits per heavy atom. The van der Waals surface area contributed by atoms with Crippen molar-refractivity contribution < 1.29 is 14.3 Å². The summed E-state index contributed by atoms with van der Waals surface area (Å²) in [4.78, 5) is 25.9. The molecule has 2 N–H and O–H groups in total. The Bertz CT molecular complexity index is 358. The van der Waals surface area contributed by atoms with E-state index in [0.29, 0.717) is 19.2 Å². The fourth-order valence-electron chi connectivity index (χ4n) is 2.52.